The Morgan fingerprint density at radius 1 is 0.977 bits per heavy atom. The van der Waals surface area contributed by atoms with Gasteiger partial charge in [0.15, 0.2) is 5.17 Å². The van der Waals surface area contributed by atoms with Crippen molar-refractivity contribution in [3.05, 3.63) is 89.7 Å². The Labute approximate surface area is 255 Å². The van der Waals surface area contributed by atoms with E-state index in [2.05, 4.69) is 17.2 Å². The summed E-state index contributed by atoms with van der Waals surface area (Å²) in [5, 5.41) is 2.51. The predicted molar refractivity (Wildman–Crippen MR) is 167 cm³/mol. The summed E-state index contributed by atoms with van der Waals surface area (Å²) in [6.45, 7) is 4.98. The molecule has 0 spiro atoms. The Morgan fingerprint density at radius 2 is 1.70 bits per heavy atom. The number of ether oxygens (including phenoxy) is 2. The molecule has 1 unspecified atom stereocenters. The van der Waals surface area contributed by atoms with Crippen LogP contribution in [0, 0.1) is 5.82 Å². The summed E-state index contributed by atoms with van der Waals surface area (Å²) in [4.78, 5) is 44.8. The van der Waals surface area contributed by atoms with E-state index >= 15 is 0 Å². The van der Waals surface area contributed by atoms with Gasteiger partial charge in [0, 0.05) is 12.1 Å². The van der Waals surface area contributed by atoms with Crippen LogP contribution in [0.5, 0.6) is 5.75 Å². The van der Waals surface area contributed by atoms with Crippen molar-refractivity contribution in [3.8, 4) is 5.75 Å². The molecule has 1 N–H and O–H groups in total. The van der Waals surface area contributed by atoms with E-state index < -0.39 is 11.2 Å². The van der Waals surface area contributed by atoms with Crippen molar-refractivity contribution in [2.24, 2.45) is 4.99 Å². The number of carbonyl (C=O) groups excluding carboxylic acids is 3. The van der Waals surface area contributed by atoms with Crippen LogP contribution in [0.1, 0.15) is 61.9 Å². The second-order valence-electron chi connectivity index (χ2n) is 10.0. The van der Waals surface area contributed by atoms with Crippen molar-refractivity contribution in [1.82, 2.24) is 4.90 Å². The highest BCUT2D eigenvalue weighted by molar-refractivity contribution is 8.15. The number of amidine groups is 1. The first-order chi connectivity index (χ1) is 20.9. The minimum absolute atomic E-state index is 0.0303. The van der Waals surface area contributed by atoms with Crippen molar-refractivity contribution in [3.63, 3.8) is 0 Å². The second-order valence-corrected chi connectivity index (χ2v) is 11.2. The van der Waals surface area contributed by atoms with Gasteiger partial charge in [-0.05, 0) is 79.6 Å². The first-order valence-electron chi connectivity index (χ1n) is 14.5. The van der Waals surface area contributed by atoms with Crippen molar-refractivity contribution < 1.29 is 28.2 Å². The molecule has 0 bridgehead atoms. The van der Waals surface area contributed by atoms with Crippen LogP contribution < -0.4 is 10.1 Å². The van der Waals surface area contributed by atoms with E-state index in [1.165, 1.54) is 41.6 Å². The molecule has 0 saturated carbocycles. The normalized spacial score (nSPS) is 15.8. The van der Waals surface area contributed by atoms with Crippen molar-refractivity contribution in [1.29, 1.82) is 0 Å². The van der Waals surface area contributed by atoms with Gasteiger partial charge >= 0.3 is 5.97 Å². The zero-order valence-corrected chi connectivity index (χ0v) is 25.2. The average molecular weight is 606 g/mol. The Balaban J connectivity index is 1.47. The van der Waals surface area contributed by atoms with Crippen LogP contribution in [-0.2, 0) is 20.9 Å². The Bertz CT molecular complexity index is 1410. The maximum absolute atomic E-state index is 13.5. The van der Waals surface area contributed by atoms with Crippen molar-refractivity contribution in [2.75, 3.05) is 18.5 Å². The molecule has 3 aromatic carbocycles. The molecule has 4 rings (SSSR count). The lowest BCUT2D eigenvalue weighted by molar-refractivity contribution is -0.129. The summed E-state index contributed by atoms with van der Waals surface area (Å²) in [7, 11) is 0. The Kier molecular flexibility index (Phi) is 11.7. The number of hydrogen-bond acceptors (Lipinski definition) is 7. The topological polar surface area (TPSA) is 97.3 Å². The second kappa shape index (κ2) is 15.9. The van der Waals surface area contributed by atoms with Gasteiger partial charge in [0.1, 0.15) is 16.8 Å². The largest absolute Gasteiger partial charge is 0.494 e. The molecule has 43 heavy (non-hydrogen) atoms. The smallest absolute Gasteiger partial charge is 0.338 e. The molecule has 0 aliphatic carbocycles. The van der Waals surface area contributed by atoms with E-state index in [4.69, 9.17) is 9.47 Å². The van der Waals surface area contributed by atoms with E-state index in [9.17, 15) is 18.8 Å². The molecule has 226 valence electrons. The van der Waals surface area contributed by atoms with Crippen LogP contribution in [0.25, 0.3) is 0 Å². The van der Waals surface area contributed by atoms with Gasteiger partial charge in [-0.25, -0.2) is 14.2 Å². The number of carbonyl (C=O) groups is 3. The number of amides is 2. The lowest BCUT2D eigenvalue weighted by Gasteiger charge is -2.32. The van der Waals surface area contributed by atoms with Gasteiger partial charge in [-0.15, -0.1) is 0 Å². The molecule has 0 aromatic heterocycles. The van der Waals surface area contributed by atoms with E-state index in [0.717, 1.165) is 24.2 Å². The fourth-order valence-corrected chi connectivity index (χ4v) is 5.44. The number of benzene rings is 3. The summed E-state index contributed by atoms with van der Waals surface area (Å²) < 4.78 is 24.3. The molecule has 1 fully saturated rings. The monoisotopic (exact) mass is 605 g/mol. The van der Waals surface area contributed by atoms with Crippen molar-refractivity contribution in [2.45, 2.75) is 57.7 Å². The summed E-state index contributed by atoms with van der Waals surface area (Å²) >= 11 is 1.18. The number of nitrogens with one attached hydrogen (secondary N) is 1. The molecule has 1 aliphatic heterocycles. The number of hydrogen-bond donors (Lipinski definition) is 1. The molecular weight excluding hydrogens is 569 g/mol. The van der Waals surface area contributed by atoms with Crippen LogP contribution in [0.3, 0.4) is 0 Å². The summed E-state index contributed by atoms with van der Waals surface area (Å²) in [6, 6.07) is 19.5. The van der Waals surface area contributed by atoms with E-state index in [1.807, 2.05) is 12.1 Å². The Hall–Kier alpha value is -4.18. The molecule has 1 heterocycles. The van der Waals surface area contributed by atoms with Gasteiger partial charge in [-0.2, -0.15) is 0 Å². The van der Waals surface area contributed by atoms with Gasteiger partial charge in [0.25, 0.3) is 0 Å². The molecule has 0 radical (unpaired) electrons. The van der Waals surface area contributed by atoms with Gasteiger partial charge in [-0.1, -0.05) is 50.1 Å². The van der Waals surface area contributed by atoms with Crippen LogP contribution in [0.15, 0.2) is 77.8 Å². The zero-order chi connectivity index (χ0) is 30.6. The van der Waals surface area contributed by atoms with Crippen LogP contribution in [0.4, 0.5) is 15.8 Å². The number of anilines is 1. The molecule has 1 atom stereocenters. The van der Waals surface area contributed by atoms with Gasteiger partial charge in [0.2, 0.25) is 11.8 Å². The SMILES string of the molecule is CCCCCCOc1ccc(NC(=O)C2CC(=O)N(Cc3ccc(F)cc3)C(=Nc3ccc(C(=O)OCC)cc3)S2)cc1. The van der Waals surface area contributed by atoms with E-state index in [1.54, 1.807) is 55.5 Å². The first kappa shape index (κ1) is 31.7. The number of nitrogens with zero attached hydrogens (tertiary/aromatic N) is 2. The molecular formula is C33H36FN3O5S. The highest BCUT2D eigenvalue weighted by Crippen LogP contribution is 2.31. The number of halogens is 1. The minimum Gasteiger partial charge on any atom is -0.494 e. The fourth-order valence-electron chi connectivity index (χ4n) is 4.34. The average Bonchev–Trinajstić information content (AvgIpc) is 3.01. The van der Waals surface area contributed by atoms with Crippen LogP contribution in [-0.4, -0.2) is 46.3 Å². The van der Waals surface area contributed by atoms with Crippen LogP contribution in [0.2, 0.25) is 0 Å². The predicted octanol–water partition coefficient (Wildman–Crippen LogP) is 7.12. The number of thioether (sulfide) groups is 1. The third-order valence-corrected chi connectivity index (χ3v) is 7.87. The lowest BCUT2D eigenvalue weighted by atomic mass is 10.2. The van der Waals surface area contributed by atoms with Crippen LogP contribution >= 0.6 is 11.8 Å². The number of esters is 1. The van der Waals surface area contributed by atoms with Gasteiger partial charge < -0.3 is 14.8 Å². The quantitative estimate of drug-likeness (QED) is 0.165. The standard InChI is InChI=1S/C33H36FN3O5S/c1-3-5-6-7-20-42-28-18-16-26(17-19-28)35-31(39)29-21-30(38)37(22-23-8-12-25(34)13-9-23)33(43-29)36-27-14-10-24(11-15-27)32(40)41-4-2/h8-19,29H,3-7,20-22H2,1-2H3,(H,35,39). The first-order valence-corrected chi connectivity index (χ1v) is 15.3. The van der Waals surface area contributed by atoms with Gasteiger partial charge in [0.05, 0.1) is 31.0 Å². The fraction of sp³-hybridized carbons (Fsp3) is 0.333. The van der Waals surface area contributed by atoms with E-state index in [0.29, 0.717) is 28.7 Å². The summed E-state index contributed by atoms with van der Waals surface area (Å²) in [5.74, 6) is -0.681. The molecule has 1 saturated heterocycles. The van der Waals surface area contributed by atoms with E-state index in [-0.39, 0.29) is 37.2 Å². The third-order valence-electron chi connectivity index (χ3n) is 6.68. The third kappa shape index (κ3) is 9.41. The molecule has 8 nitrogen and oxygen atoms in total. The number of rotatable bonds is 13. The number of unbranched alkanes of at least 4 members (excludes halogenated alkanes) is 3. The highest BCUT2D eigenvalue weighted by Gasteiger charge is 2.36. The molecule has 2 amide bonds. The zero-order valence-electron chi connectivity index (χ0n) is 24.4. The lowest BCUT2D eigenvalue weighted by Crippen LogP contribution is -2.44. The van der Waals surface area contributed by atoms with Gasteiger partial charge in [-0.3, -0.25) is 14.5 Å². The Morgan fingerprint density at radius 3 is 2.37 bits per heavy atom. The summed E-state index contributed by atoms with van der Waals surface area (Å²) in [6.07, 6.45) is 4.46. The molecule has 10 heteroatoms. The molecule has 1 aliphatic rings. The molecule has 3 aromatic rings. The maximum atomic E-state index is 13.5. The number of aliphatic imine (C=N–C) groups is 1. The summed E-state index contributed by atoms with van der Waals surface area (Å²) in [5.41, 5.74) is 2.19. The maximum Gasteiger partial charge on any atom is 0.338 e. The highest BCUT2D eigenvalue weighted by atomic mass is 32.2. The van der Waals surface area contributed by atoms with Crippen molar-refractivity contribution >= 4 is 46.1 Å². The minimum atomic E-state index is -0.719.